The van der Waals surface area contributed by atoms with E-state index in [-0.39, 0.29) is 11.6 Å². The zero-order valence-corrected chi connectivity index (χ0v) is 24.1. The molecule has 0 saturated heterocycles. The summed E-state index contributed by atoms with van der Waals surface area (Å²) in [4.78, 5) is 19.8. The van der Waals surface area contributed by atoms with Crippen molar-refractivity contribution >= 4 is 39.4 Å². The van der Waals surface area contributed by atoms with E-state index in [1.165, 1.54) is 22.5 Å². The van der Waals surface area contributed by atoms with E-state index < -0.39 is 0 Å². The lowest BCUT2D eigenvalue weighted by Crippen LogP contribution is -2.39. The lowest BCUT2D eigenvalue weighted by molar-refractivity contribution is 0.414. The van der Waals surface area contributed by atoms with Gasteiger partial charge in [-0.05, 0) is 95.6 Å². The number of rotatable bonds is 5. The monoisotopic (exact) mass is 598 g/mol. The van der Waals surface area contributed by atoms with E-state index in [9.17, 15) is 4.79 Å². The molecule has 6 rings (SSSR count). The van der Waals surface area contributed by atoms with Gasteiger partial charge in [0.05, 0.1) is 30.5 Å². The van der Waals surface area contributed by atoms with Crippen molar-refractivity contribution in [2.75, 3.05) is 14.2 Å². The van der Waals surface area contributed by atoms with E-state index >= 15 is 0 Å². The maximum Gasteiger partial charge on any atom is 0.271 e. The molecule has 39 heavy (non-hydrogen) atoms. The second-order valence-corrected chi connectivity index (χ2v) is 11.5. The molecule has 1 aromatic heterocycles. The lowest BCUT2D eigenvalue weighted by atomic mass is 9.84. The molecule has 4 aromatic rings. The molecule has 0 amide bonds. The number of fused-ring (bicyclic) bond motifs is 1. The van der Waals surface area contributed by atoms with Gasteiger partial charge in [-0.2, -0.15) is 0 Å². The Morgan fingerprint density at radius 2 is 1.49 bits per heavy atom. The fourth-order valence-electron chi connectivity index (χ4n) is 5.25. The minimum atomic E-state index is -0.214. The summed E-state index contributed by atoms with van der Waals surface area (Å²) < 4.78 is 14.3. The molecule has 1 aliphatic carbocycles. The fourth-order valence-corrected chi connectivity index (χ4v) is 6.52. The molecule has 0 fully saturated rings. The third-order valence-corrected chi connectivity index (χ3v) is 8.70. The average molecular weight is 600 g/mol. The molecule has 0 spiro atoms. The maximum absolute atomic E-state index is 13.9. The number of thiazole rings is 1. The topological polar surface area (TPSA) is 52.8 Å². The van der Waals surface area contributed by atoms with Crippen LogP contribution in [0.3, 0.4) is 0 Å². The van der Waals surface area contributed by atoms with E-state index in [2.05, 4.69) is 46.3 Å². The van der Waals surface area contributed by atoms with E-state index in [1.54, 1.807) is 14.2 Å². The van der Waals surface area contributed by atoms with Crippen LogP contribution in [-0.4, -0.2) is 18.8 Å². The smallest absolute Gasteiger partial charge is 0.271 e. The first kappa shape index (κ1) is 25.6. The average Bonchev–Trinajstić information content (AvgIpc) is 3.28. The van der Waals surface area contributed by atoms with Crippen molar-refractivity contribution in [2.45, 2.75) is 25.3 Å². The number of benzene rings is 3. The van der Waals surface area contributed by atoms with Crippen LogP contribution in [0.25, 0.3) is 12.2 Å². The third kappa shape index (κ3) is 5.04. The first-order valence-corrected chi connectivity index (χ1v) is 14.4. The Hall–Kier alpha value is -3.68. The number of allylic oxidation sites excluding steroid dienone is 2. The summed E-state index contributed by atoms with van der Waals surface area (Å²) in [6.45, 7) is 0. The number of ether oxygens (including phenoxy) is 2. The van der Waals surface area contributed by atoms with Crippen molar-refractivity contribution in [3.05, 3.63) is 130 Å². The van der Waals surface area contributed by atoms with Gasteiger partial charge in [-0.15, -0.1) is 0 Å². The highest BCUT2D eigenvalue weighted by atomic mass is 79.9. The van der Waals surface area contributed by atoms with Gasteiger partial charge in [0.25, 0.3) is 5.56 Å². The molecule has 2 aliphatic rings. The molecule has 0 bridgehead atoms. The molecule has 1 aliphatic heterocycles. The van der Waals surface area contributed by atoms with E-state index in [0.29, 0.717) is 4.53 Å². The van der Waals surface area contributed by atoms with E-state index in [1.807, 2.05) is 59.2 Å². The Morgan fingerprint density at radius 3 is 2.15 bits per heavy atom. The van der Waals surface area contributed by atoms with Crippen LogP contribution in [0.1, 0.15) is 42.0 Å². The van der Waals surface area contributed by atoms with Crippen molar-refractivity contribution in [1.29, 1.82) is 0 Å². The summed E-state index contributed by atoms with van der Waals surface area (Å²) in [5.74, 6) is 1.62. The normalized spacial score (nSPS) is 18.0. The van der Waals surface area contributed by atoms with Gasteiger partial charge < -0.3 is 9.47 Å². The minimum Gasteiger partial charge on any atom is -0.497 e. The van der Waals surface area contributed by atoms with E-state index in [4.69, 9.17) is 14.5 Å². The fraction of sp³-hybridized carbons (Fsp3) is 0.188. The van der Waals surface area contributed by atoms with Crippen molar-refractivity contribution in [3.8, 4) is 11.5 Å². The molecule has 1 unspecified atom stereocenters. The SMILES string of the molecule is COc1ccc(/C=C2/CCCC3=C2N=c2s/c(=C/c4ccc(Br)cc4)c(=O)n2C3c2ccc(OC)cc2)cc1. The standard InChI is InChI=1S/C32H27BrN2O3S/c1-37-25-14-8-20(9-15-25)18-23-4-3-5-27-29(23)34-32-35(30(27)22-10-16-26(38-2)17-11-22)31(36)28(39-32)19-21-6-12-24(33)13-7-21/h6-19,30H,3-5H2,1-2H3/b23-18-,28-19+. The molecule has 3 aromatic carbocycles. The van der Waals surface area contributed by atoms with Crippen LogP contribution < -0.4 is 24.4 Å². The molecule has 0 radical (unpaired) electrons. The Bertz CT molecular complexity index is 1760. The van der Waals surface area contributed by atoms with Crippen LogP contribution in [0, 0.1) is 0 Å². The van der Waals surface area contributed by atoms with Gasteiger partial charge in [0.2, 0.25) is 0 Å². The Balaban J connectivity index is 1.54. The predicted octanol–water partition coefficient (Wildman–Crippen LogP) is 6.26. The number of hydrogen-bond donors (Lipinski definition) is 0. The molecule has 196 valence electrons. The Labute approximate surface area is 239 Å². The van der Waals surface area contributed by atoms with Gasteiger partial charge in [-0.25, -0.2) is 4.99 Å². The van der Waals surface area contributed by atoms with Crippen molar-refractivity contribution in [2.24, 2.45) is 4.99 Å². The highest BCUT2D eigenvalue weighted by Gasteiger charge is 2.32. The van der Waals surface area contributed by atoms with Crippen molar-refractivity contribution < 1.29 is 9.47 Å². The van der Waals surface area contributed by atoms with Crippen LogP contribution >= 0.6 is 27.3 Å². The van der Waals surface area contributed by atoms with Gasteiger partial charge in [-0.3, -0.25) is 9.36 Å². The van der Waals surface area contributed by atoms with Crippen LogP contribution in [0.5, 0.6) is 11.5 Å². The summed E-state index contributed by atoms with van der Waals surface area (Å²) in [5.41, 5.74) is 6.52. The third-order valence-electron chi connectivity index (χ3n) is 7.19. The molecule has 1 atom stereocenters. The number of nitrogens with zero attached hydrogens (tertiary/aromatic N) is 2. The lowest BCUT2D eigenvalue weighted by Gasteiger charge is -2.31. The first-order valence-electron chi connectivity index (χ1n) is 12.8. The second-order valence-electron chi connectivity index (χ2n) is 9.58. The van der Waals surface area contributed by atoms with Gasteiger partial charge >= 0.3 is 0 Å². The quantitative estimate of drug-likeness (QED) is 0.272. The Kier molecular flexibility index (Phi) is 7.11. The number of aromatic nitrogens is 1. The maximum atomic E-state index is 13.9. The number of methoxy groups -OCH3 is 2. The summed E-state index contributed by atoms with van der Waals surface area (Å²) in [6, 6.07) is 23.9. The van der Waals surface area contributed by atoms with Crippen LogP contribution in [-0.2, 0) is 0 Å². The molecule has 0 saturated carbocycles. The van der Waals surface area contributed by atoms with Crippen molar-refractivity contribution in [1.82, 2.24) is 4.57 Å². The van der Waals surface area contributed by atoms with Gasteiger partial charge in [-0.1, -0.05) is 63.7 Å². The number of hydrogen-bond acceptors (Lipinski definition) is 5. The van der Waals surface area contributed by atoms with E-state index in [0.717, 1.165) is 62.4 Å². The molecular weight excluding hydrogens is 572 g/mol. The van der Waals surface area contributed by atoms with Crippen LogP contribution in [0.2, 0.25) is 0 Å². The molecule has 0 N–H and O–H groups in total. The van der Waals surface area contributed by atoms with Gasteiger partial charge in [0, 0.05) is 4.47 Å². The number of halogens is 1. The van der Waals surface area contributed by atoms with Crippen LogP contribution in [0.4, 0.5) is 0 Å². The molecule has 7 heteroatoms. The zero-order chi connectivity index (χ0) is 26.9. The predicted molar refractivity (Wildman–Crippen MR) is 160 cm³/mol. The molecular formula is C32H27BrN2O3S. The zero-order valence-electron chi connectivity index (χ0n) is 21.7. The molecule has 5 nitrogen and oxygen atoms in total. The summed E-state index contributed by atoms with van der Waals surface area (Å²) >= 11 is 4.94. The first-order chi connectivity index (χ1) is 19.0. The highest BCUT2D eigenvalue weighted by Crippen LogP contribution is 2.41. The van der Waals surface area contributed by atoms with Gasteiger partial charge in [0.15, 0.2) is 4.80 Å². The molecule has 2 heterocycles. The van der Waals surface area contributed by atoms with Gasteiger partial charge in [0.1, 0.15) is 11.5 Å². The summed E-state index contributed by atoms with van der Waals surface area (Å²) in [7, 11) is 3.34. The Morgan fingerprint density at radius 1 is 0.872 bits per heavy atom. The van der Waals surface area contributed by atoms with Crippen molar-refractivity contribution in [3.63, 3.8) is 0 Å². The van der Waals surface area contributed by atoms with Crippen LogP contribution in [0.15, 0.2) is 104 Å². The summed E-state index contributed by atoms with van der Waals surface area (Å²) in [6.07, 6.45) is 7.02. The highest BCUT2D eigenvalue weighted by molar-refractivity contribution is 9.10. The second kappa shape index (κ2) is 10.8. The summed E-state index contributed by atoms with van der Waals surface area (Å²) in [5, 5.41) is 0. The largest absolute Gasteiger partial charge is 0.497 e. The minimum absolute atomic E-state index is 0.0136.